The van der Waals surface area contributed by atoms with Crippen LogP contribution >= 0.6 is 0 Å². The molecule has 1 aliphatic carbocycles. The number of imide groups is 2. The van der Waals surface area contributed by atoms with Crippen LogP contribution in [-0.4, -0.2) is 68.1 Å². The van der Waals surface area contributed by atoms with Crippen LogP contribution in [0.3, 0.4) is 0 Å². The average Bonchev–Trinajstić information content (AvgIpc) is 3.72. The Labute approximate surface area is 347 Å². The van der Waals surface area contributed by atoms with E-state index in [4.69, 9.17) is 10.7 Å². The number of anilines is 1. The first kappa shape index (κ1) is 39.5. The highest BCUT2D eigenvalue weighted by molar-refractivity contribution is 6.23. The Hall–Kier alpha value is -7.33. The summed E-state index contributed by atoms with van der Waals surface area (Å²) < 4.78 is 2.21. The maximum absolute atomic E-state index is 13.3. The Morgan fingerprint density at radius 1 is 0.883 bits per heavy atom. The van der Waals surface area contributed by atoms with E-state index in [-0.39, 0.29) is 24.3 Å². The van der Waals surface area contributed by atoms with E-state index in [9.17, 15) is 24.0 Å². The van der Waals surface area contributed by atoms with Gasteiger partial charge in [-0.3, -0.25) is 34.2 Å². The SMILES string of the molecule is Nc1ncnc2c1c(-c1ccccc1)c(-c1ccccc1)n2Cc1cccc(C#CCCCCC(=O)NCCNC2=CCCC3=C2C(=O)N(C2CCC(=O)NC2=O)C3=O)c1. The molecule has 13 nitrogen and oxygen atoms in total. The number of benzene rings is 3. The van der Waals surface area contributed by atoms with Crippen molar-refractivity contribution in [3.05, 3.63) is 125 Å². The largest absolute Gasteiger partial charge is 0.383 e. The molecule has 8 rings (SSSR count). The number of allylic oxidation sites excluding steroid dienone is 1. The molecule has 4 heterocycles. The van der Waals surface area contributed by atoms with Crippen LogP contribution in [0.5, 0.6) is 0 Å². The van der Waals surface area contributed by atoms with Crippen LogP contribution in [-0.2, 0) is 30.5 Å². The number of nitrogens with zero attached hydrogens (tertiary/aromatic N) is 4. The van der Waals surface area contributed by atoms with Gasteiger partial charge in [-0.25, -0.2) is 9.97 Å². The molecule has 5 amide bonds. The predicted octanol–water partition coefficient (Wildman–Crippen LogP) is 5.16. The Bertz CT molecular complexity index is 2640. The molecule has 0 saturated carbocycles. The van der Waals surface area contributed by atoms with Gasteiger partial charge in [0, 0.05) is 61.3 Å². The Morgan fingerprint density at radius 2 is 1.67 bits per heavy atom. The molecule has 302 valence electrons. The van der Waals surface area contributed by atoms with E-state index in [2.05, 4.69) is 73.7 Å². The van der Waals surface area contributed by atoms with E-state index in [0.717, 1.165) is 55.9 Å². The van der Waals surface area contributed by atoms with Gasteiger partial charge in [-0.1, -0.05) is 90.7 Å². The third-order valence-corrected chi connectivity index (χ3v) is 10.9. The Kier molecular flexibility index (Phi) is 11.6. The zero-order valence-corrected chi connectivity index (χ0v) is 33.0. The van der Waals surface area contributed by atoms with E-state index in [1.54, 1.807) is 0 Å². The highest BCUT2D eigenvalue weighted by Crippen LogP contribution is 2.42. The van der Waals surface area contributed by atoms with Gasteiger partial charge < -0.3 is 20.9 Å². The molecule has 0 bridgehead atoms. The van der Waals surface area contributed by atoms with Crippen molar-refractivity contribution in [1.82, 2.24) is 35.4 Å². The van der Waals surface area contributed by atoms with Gasteiger partial charge in [0.25, 0.3) is 11.8 Å². The molecule has 5 N–H and O–H groups in total. The van der Waals surface area contributed by atoms with Gasteiger partial charge in [-0.05, 0) is 60.9 Å². The molecule has 1 saturated heterocycles. The fraction of sp³-hybridized carbons (Fsp3) is 0.255. The second-order valence-corrected chi connectivity index (χ2v) is 14.9. The van der Waals surface area contributed by atoms with Gasteiger partial charge in [0.2, 0.25) is 17.7 Å². The third-order valence-electron chi connectivity index (χ3n) is 10.9. The highest BCUT2D eigenvalue weighted by Gasteiger charge is 2.47. The first-order chi connectivity index (χ1) is 29.3. The van der Waals surface area contributed by atoms with E-state index < -0.39 is 29.7 Å². The summed E-state index contributed by atoms with van der Waals surface area (Å²) >= 11 is 0. The Balaban J connectivity index is 0.831. The van der Waals surface area contributed by atoms with Crippen LogP contribution in [0, 0.1) is 11.8 Å². The molecule has 1 unspecified atom stereocenters. The molecule has 5 aromatic rings. The number of hydrogen-bond donors (Lipinski definition) is 4. The molecule has 1 atom stereocenters. The maximum Gasteiger partial charge on any atom is 0.264 e. The van der Waals surface area contributed by atoms with E-state index in [1.165, 1.54) is 6.33 Å². The van der Waals surface area contributed by atoms with Gasteiger partial charge in [0.05, 0.1) is 16.7 Å². The zero-order valence-electron chi connectivity index (χ0n) is 33.0. The predicted molar refractivity (Wildman–Crippen MR) is 227 cm³/mol. The maximum atomic E-state index is 13.3. The molecule has 3 aromatic carbocycles. The quantitative estimate of drug-likeness (QED) is 0.0711. The van der Waals surface area contributed by atoms with Crippen molar-refractivity contribution in [3.8, 4) is 34.2 Å². The first-order valence-corrected chi connectivity index (χ1v) is 20.3. The third kappa shape index (κ3) is 8.17. The number of nitrogens with two attached hydrogens (primary N) is 1. The number of piperidine rings is 1. The number of amides is 5. The van der Waals surface area contributed by atoms with Crippen LogP contribution < -0.4 is 21.7 Å². The summed E-state index contributed by atoms with van der Waals surface area (Å²) in [7, 11) is 0. The smallest absolute Gasteiger partial charge is 0.264 e. The van der Waals surface area contributed by atoms with Crippen molar-refractivity contribution in [2.24, 2.45) is 0 Å². The highest BCUT2D eigenvalue weighted by atomic mass is 16.2. The first-order valence-electron chi connectivity index (χ1n) is 20.3. The lowest BCUT2D eigenvalue weighted by molar-refractivity contribution is -0.150. The fourth-order valence-electron chi connectivity index (χ4n) is 8.15. The van der Waals surface area contributed by atoms with Crippen molar-refractivity contribution in [2.75, 3.05) is 18.8 Å². The van der Waals surface area contributed by atoms with Crippen LogP contribution in [0.15, 0.2) is 114 Å². The molecule has 13 heteroatoms. The number of fused-ring (bicyclic) bond motifs is 1. The number of hydrogen-bond acceptors (Lipinski definition) is 9. The Morgan fingerprint density at radius 3 is 2.45 bits per heavy atom. The average molecular weight is 801 g/mol. The summed E-state index contributed by atoms with van der Waals surface area (Å²) in [5, 5.41) is 9.14. The zero-order chi connectivity index (χ0) is 41.6. The van der Waals surface area contributed by atoms with Gasteiger partial charge in [-0.15, -0.1) is 0 Å². The van der Waals surface area contributed by atoms with Crippen molar-refractivity contribution < 1.29 is 24.0 Å². The molecular weight excluding hydrogens is 757 g/mol. The lowest BCUT2D eigenvalue weighted by Gasteiger charge is -2.28. The summed E-state index contributed by atoms with van der Waals surface area (Å²) in [6.45, 7) is 1.22. The molecule has 60 heavy (non-hydrogen) atoms. The number of nitrogens with one attached hydrogen (secondary N) is 3. The van der Waals surface area contributed by atoms with Crippen molar-refractivity contribution in [1.29, 1.82) is 0 Å². The van der Waals surface area contributed by atoms with E-state index in [1.807, 2.05) is 54.6 Å². The van der Waals surface area contributed by atoms with Gasteiger partial charge >= 0.3 is 0 Å². The van der Waals surface area contributed by atoms with Crippen LogP contribution in [0.1, 0.15) is 62.5 Å². The fourth-order valence-corrected chi connectivity index (χ4v) is 8.15. The lowest BCUT2D eigenvalue weighted by atomic mass is 9.96. The number of aromatic nitrogens is 3. The topological polar surface area (TPSA) is 181 Å². The number of carbonyl (C=O) groups excluding carboxylic acids is 5. The summed E-state index contributed by atoms with van der Waals surface area (Å²) in [5.41, 5.74) is 14.5. The second kappa shape index (κ2) is 17.7. The van der Waals surface area contributed by atoms with Crippen LogP contribution in [0.25, 0.3) is 33.4 Å². The normalized spacial score (nSPS) is 16.3. The van der Waals surface area contributed by atoms with E-state index >= 15 is 0 Å². The molecule has 2 aliphatic heterocycles. The molecule has 3 aliphatic rings. The van der Waals surface area contributed by atoms with Gasteiger partial charge in [0.1, 0.15) is 23.8 Å². The summed E-state index contributed by atoms with van der Waals surface area (Å²) in [6.07, 6.45) is 6.94. The lowest BCUT2D eigenvalue weighted by Crippen LogP contribution is -2.54. The van der Waals surface area contributed by atoms with Crippen molar-refractivity contribution in [3.63, 3.8) is 0 Å². The van der Waals surface area contributed by atoms with Crippen LogP contribution in [0.4, 0.5) is 5.82 Å². The monoisotopic (exact) mass is 800 g/mol. The molecule has 1 fully saturated rings. The standard InChI is InChI=1S/C47H44N8O5/c48-43-41-39(32-16-6-3-7-17-32)42(33-18-8-4-9-19-33)54(44(41)52-29-51-43)28-31-15-11-14-30(27-31)13-5-1-2-10-22-37(56)50-26-25-49-35-21-12-20-34-40(35)47(60)55(46(34)59)36-23-24-38(57)53-45(36)58/h3-4,6-9,11,14-19,21,27,29,36,49H,1-2,10,12,20,22-26,28H2,(H,50,56)(H2,48,51,52)(H,53,57,58). The minimum Gasteiger partial charge on any atom is -0.383 e. The van der Waals surface area contributed by atoms with E-state index in [0.29, 0.717) is 68.8 Å². The molecular formula is C47H44N8O5. The minimum absolute atomic E-state index is 0.0658. The summed E-state index contributed by atoms with van der Waals surface area (Å²) in [4.78, 5) is 73.2. The molecule has 0 radical (unpaired) electrons. The van der Waals surface area contributed by atoms with Gasteiger partial charge in [-0.2, -0.15) is 0 Å². The van der Waals surface area contributed by atoms with Gasteiger partial charge in [0.15, 0.2) is 0 Å². The second-order valence-electron chi connectivity index (χ2n) is 14.9. The molecule has 2 aromatic heterocycles. The molecule has 0 spiro atoms. The number of carbonyl (C=O) groups is 5. The number of unbranched alkanes of at least 4 members (excludes halogenated alkanes) is 2. The minimum atomic E-state index is -1.01. The number of rotatable bonds is 13. The van der Waals surface area contributed by atoms with Crippen molar-refractivity contribution in [2.45, 2.75) is 64.0 Å². The van der Waals surface area contributed by atoms with Crippen LogP contribution in [0.2, 0.25) is 0 Å². The van der Waals surface area contributed by atoms with Crippen molar-refractivity contribution >= 4 is 46.4 Å². The summed E-state index contributed by atoms with van der Waals surface area (Å²) in [5.74, 6) is 4.84. The summed E-state index contributed by atoms with van der Waals surface area (Å²) in [6, 6.07) is 27.6. The number of nitrogen functional groups attached to an aromatic ring is 1.